The Balaban J connectivity index is 2.30. The van der Waals surface area contributed by atoms with Gasteiger partial charge in [-0.2, -0.15) is 0 Å². The zero-order valence-electron chi connectivity index (χ0n) is 11.2. The number of rotatable bonds is 4. The predicted molar refractivity (Wildman–Crippen MR) is 79.6 cm³/mol. The van der Waals surface area contributed by atoms with Crippen LogP contribution in [0.25, 0.3) is 0 Å². The Morgan fingerprint density at radius 1 is 1.25 bits per heavy atom. The second kappa shape index (κ2) is 6.39. The molecule has 1 amide bonds. The number of benzene rings is 1. The van der Waals surface area contributed by atoms with Gasteiger partial charge in [0.05, 0.1) is 5.41 Å². The smallest absolute Gasteiger partial charge is 0.322 e. The van der Waals surface area contributed by atoms with Gasteiger partial charge >= 0.3 is 5.97 Å². The number of carbonyl (C=O) groups excluding carboxylic acids is 1. The molecule has 1 aromatic carbocycles. The summed E-state index contributed by atoms with van der Waals surface area (Å²) in [4.78, 5) is 23.2. The molecule has 0 aromatic heterocycles. The van der Waals surface area contributed by atoms with E-state index in [1.807, 2.05) is 24.3 Å². The van der Waals surface area contributed by atoms with Crippen molar-refractivity contribution in [2.45, 2.75) is 37.5 Å². The number of carbonyl (C=O) groups is 2. The molecule has 1 aromatic rings. The van der Waals surface area contributed by atoms with Crippen LogP contribution in [0.15, 0.2) is 28.7 Å². The topological polar surface area (TPSA) is 66.4 Å². The Hall–Kier alpha value is -1.36. The molecule has 108 valence electrons. The molecule has 1 aliphatic rings. The highest BCUT2D eigenvalue weighted by molar-refractivity contribution is 9.10. The zero-order chi connectivity index (χ0) is 14.6. The molecule has 1 saturated carbocycles. The molecule has 0 spiro atoms. The number of amides is 1. The van der Waals surface area contributed by atoms with E-state index in [0.717, 1.165) is 42.1 Å². The lowest BCUT2D eigenvalue weighted by Crippen LogP contribution is -2.47. The van der Waals surface area contributed by atoms with Gasteiger partial charge in [0.25, 0.3) is 0 Å². The van der Waals surface area contributed by atoms with E-state index >= 15 is 0 Å². The summed E-state index contributed by atoms with van der Waals surface area (Å²) >= 11 is 3.44. The van der Waals surface area contributed by atoms with Crippen molar-refractivity contribution in [1.82, 2.24) is 5.32 Å². The van der Waals surface area contributed by atoms with Crippen LogP contribution in [0.4, 0.5) is 0 Å². The first-order valence-corrected chi connectivity index (χ1v) is 7.60. The number of aliphatic carboxylic acids is 1. The lowest BCUT2D eigenvalue weighted by Gasteiger charge is -2.36. The van der Waals surface area contributed by atoms with Crippen molar-refractivity contribution >= 4 is 27.8 Å². The largest absolute Gasteiger partial charge is 0.480 e. The predicted octanol–water partition coefficient (Wildman–Crippen LogP) is 2.85. The monoisotopic (exact) mass is 339 g/mol. The lowest BCUT2D eigenvalue weighted by molar-refractivity contribution is -0.139. The summed E-state index contributed by atoms with van der Waals surface area (Å²) in [5.41, 5.74) is 0.381. The minimum Gasteiger partial charge on any atom is -0.480 e. The maximum absolute atomic E-state index is 12.5. The third-order valence-corrected chi connectivity index (χ3v) is 4.41. The zero-order valence-corrected chi connectivity index (χ0v) is 12.8. The molecule has 2 rings (SSSR count). The van der Waals surface area contributed by atoms with Gasteiger partial charge in [0.1, 0.15) is 6.54 Å². The van der Waals surface area contributed by atoms with E-state index in [2.05, 4.69) is 21.2 Å². The minimum absolute atomic E-state index is 0.169. The van der Waals surface area contributed by atoms with Crippen molar-refractivity contribution in [1.29, 1.82) is 0 Å². The molecular weight excluding hydrogens is 322 g/mol. The highest BCUT2D eigenvalue weighted by Gasteiger charge is 2.41. The first-order valence-electron chi connectivity index (χ1n) is 6.81. The summed E-state index contributed by atoms with van der Waals surface area (Å²) in [7, 11) is 0. The van der Waals surface area contributed by atoms with Gasteiger partial charge in [-0.15, -0.1) is 0 Å². The molecule has 5 heteroatoms. The average Bonchev–Trinajstić information content (AvgIpc) is 2.45. The van der Waals surface area contributed by atoms with Crippen LogP contribution in [0.2, 0.25) is 0 Å². The standard InChI is InChI=1S/C15H18BrNO3/c16-12-6-4-5-11(9-12)15(7-2-1-3-8-15)14(20)17-10-13(18)19/h4-6,9H,1-3,7-8,10H2,(H,17,20)(H,18,19). The molecule has 0 heterocycles. The van der Waals surface area contributed by atoms with Crippen LogP contribution in [0.3, 0.4) is 0 Å². The van der Waals surface area contributed by atoms with Crippen molar-refractivity contribution < 1.29 is 14.7 Å². The van der Waals surface area contributed by atoms with Gasteiger partial charge in [0, 0.05) is 4.47 Å². The average molecular weight is 340 g/mol. The molecule has 4 nitrogen and oxygen atoms in total. The van der Waals surface area contributed by atoms with Gasteiger partial charge in [-0.05, 0) is 30.5 Å². The molecule has 0 saturated heterocycles. The van der Waals surface area contributed by atoms with Crippen molar-refractivity contribution in [3.63, 3.8) is 0 Å². The number of carboxylic acids is 1. The van der Waals surface area contributed by atoms with Gasteiger partial charge in [-0.25, -0.2) is 0 Å². The van der Waals surface area contributed by atoms with Gasteiger partial charge in [0.2, 0.25) is 5.91 Å². The molecule has 0 radical (unpaired) electrons. The Morgan fingerprint density at radius 2 is 1.95 bits per heavy atom. The fourth-order valence-electron chi connectivity index (χ4n) is 2.91. The van der Waals surface area contributed by atoms with Crippen LogP contribution in [-0.2, 0) is 15.0 Å². The Morgan fingerprint density at radius 3 is 2.55 bits per heavy atom. The van der Waals surface area contributed by atoms with Crippen LogP contribution in [0.1, 0.15) is 37.7 Å². The number of hydrogen-bond acceptors (Lipinski definition) is 2. The number of nitrogens with one attached hydrogen (secondary N) is 1. The summed E-state index contributed by atoms with van der Waals surface area (Å²) in [6, 6.07) is 7.76. The Bertz CT molecular complexity index is 510. The van der Waals surface area contributed by atoms with Crippen LogP contribution in [0, 0.1) is 0 Å². The minimum atomic E-state index is -1.02. The Kier molecular flexibility index (Phi) is 4.81. The third-order valence-electron chi connectivity index (χ3n) is 3.92. The maximum Gasteiger partial charge on any atom is 0.322 e. The number of carboxylic acid groups (broad SMARTS) is 1. The summed E-state index contributed by atoms with van der Waals surface area (Å²) in [6.07, 6.45) is 4.66. The Labute approximate surface area is 126 Å². The highest BCUT2D eigenvalue weighted by atomic mass is 79.9. The molecular formula is C15H18BrNO3. The molecule has 2 N–H and O–H groups in total. The van der Waals surface area contributed by atoms with Crippen LogP contribution >= 0.6 is 15.9 Å². The molecule has 0 unspecified atom stereocenters. The molecule has 1 fully saturated rings. The summed E-state index contributed by atoms with van der Waals surface area (Å²) in [5, 5.41) is 11.3. The molecule has 0 atom stereocenters. The fourth-order valence-corrected chi connectivity index (χ4v) is 3.31. The van der Waals surface area contributed by atoms with E-state index in [9.17, 15) is 9.59 Å². The summed E-state index contributed by atoms with van der Waals surface area (Å²) < 4.78 is 0.936. The van der Waals surface area contributed by atoms with Gasteiger partial charge in [0.15, 0.2) is 0 Å². The van der Waals surface area contributed by atoms with E-state index in [1.165, 1.54) is 0 Å². The molecule has 0 aliphatic heterocycles. The van der Waals surface area contributed by atoms with E-state index in [-0.39, 0.29) is 12.5 Å². The van der Waals surface area contributed by atoms with Crippen molar-refractivity contribution in [2.75, 3.05) is 6.54 Å². The number of halogens is 1. The molecule has 20 heavy (non-hydrogen) atoms. The second-order valence-electron chi connectivity index (χ2n) is 5.23. The van der Waals surface area contributed by atoms with E-state index in [0.29, 0.717) is 0 Å². The number of hydrogen-bond donors (Lipinski definition) is 2. The normalized spacial score (nSPS) is 17.4. The van der Waals surface area contributed by atoms with Gasteiger partial charge in [-0.1, -0.05) is 47.3 Å². The first kappa shape index (κ1) is 15.0. The van der Waals surface area contributed by atoms with Gasteiger partial charge in [-0.3, -0.25) is 9.59 Å². The summed E-state index contributed by atoms with van der Waals surface area (Å²) in [6.45, 7) is -0.325. The van der Waals surface area contributed by atoms with E-state index in [1.54, 1.807) is 0 Å². The third kappa shape index (κ3) is 3.20. The van der Waals surface area contributed by atoms with Crippen molar-refractivity contribution in [2.24, 2.45) is 0 Å². The van der Waals surface area contributed by atoms with Crippen LogP contribution in [0.5, 0.6) is 0 Å². The van der Waals surface area contributed by atoms with E-state index in [4.69, 9.17) is 5.11 Å². The lowest BCUT2D eigenvalue weighted by atomic mass is 9.68. The second-order valence-corrected chi connectivity index (χ2v) is 6.15. The van der Waals surface area contributed by atoms with Crippen molar-refractivity contribution in [3.05, 3.63) is 34.3 Å². The van der Waals surface area contributed by atoms with Crippen LogP contribution < -0.4 is 5.32 Å². The quantitative estimate of drug-likeness (QED) is 0.886. The van der Waals surface area contributed by atoms with Crippen molar-refractivity contribution in [3.8, 4) is 0 Å². The van der Waals surface area contributed by atoms with Crippen LogP contribution in [-0.4, -0.2) is 23.5 Å². The summed E-state index contributed by atoms with van der Waals surface area (Å²) in [5.74, 6) is -1.18. The SMILES string of the molecule is O=C(O)CNC(=O)C1(c2cccc(Br)c2)CCCCC1. The van der Waals surface area contributed by atoms with E-state index < -0.39 is 11.4 Å². The molecule has 1 aliphatic carbocycles. The highest BCUT2D eigenvalue weighted by Crippen LogP contribution is 2.40. The molecule has 0 bridgehead atoms. The first-order chi connectivity index (χ1) is 9.54. The maximum atomic E-state index is 12.5. The van der Waals surface area contributed by atoms with Gasteiger partial charge < -0.3 is 10.4 Å². The fraction of sp³-hybridized carbons (Fsp3) is 0.467.